The molecule has 2 heterocycles. The van der Waals surface area contributed by atoms with E-state index in [-0.39, 0.29) is 15.7 Å². The number of aryl methyl sites for hydroxylation is 1. The summed E-state index contributed by atoms with van der Waals surface area (Å²) in [5.74, 6) is 3.10. The maximum Gasteiger partial charge on any atom is 0.291 e. The molecule has 1 saturated heterocycles. The van der Waals surface area contributed by atoms with Crippen LogP contribution in [0.2, 0.25) is 0 Å². The van der Waals surface area contributed by atoms with Gasteiger partial charge in [-0.15, -0.1) is 23.5 Å². The number of amides is 1. The van der Waals surface area contributed by atoms with Crippen LogP contribution in [0.5, 0.6) is 0 Å². The number of thioether (sulfide) groups is 2. The summed E-state index contributed by atoms with van der Waals surface area (Å²) in [6.07, 6.45) is 3.01. The van der Waals surface area contributed by atoms with Crippen molar-refractivity contribution in [3.63, 3.8) is 0 Å². The molecule has 0 unspecified atom stereocenters. The Kier molecular flexibility index (Phi) is 4.48. The van der Waals surface area contributed by atoms with Gasteiger partial charge in [0.1, 0.15) is 5.76 Å². The van der Waals surface area contributed by atoms with Crippen LogP contribution in [0.15, 0.2) is 28.7 Å². The number of rotatable bonds is 3. The highest BCUT2D eigenvalue weighted by molar-refractivity contribution is 8.20. The molecule has 0 radical (unpaired) electrons. The fraction of sp³-hybridized carbons (Fsp3) is 0.389. The Morgan fingerprint density at radius 2 is 2.12 bits per heavy atom. The van der Waals surface area contributed by atoms with Crippen molar-refractivity contribution in [1.29, 1.82) is 0 Å². The van der Waals surface area contributed by atoms with Crippen LogP contribution in [0, 0.1) is 17.0 Å². The van der Waals surface area contributed by atoms with Gasteiger partial charge >= 0.3 is 0 Å². The standard InChI is InChI=1S/C18H18N2O4S2/c1-11-15-14(6-3-7-18(15)25-8-9-26-18)24-16(11)17(21)19-12-4-2-5-13(10-12)20(22)23/h2,4-5,10H,3,6-9H2,1H3,(H,19,21). The van der Waals surface area contributed by atoms with Gasteiger partial charge in [0.15, 0.2) is 5.76 Å². The van der Waals surface area contributed by atoms with E-state index in [9.17, 15) is 14.9 Å². The van der Waals surface area contributed by atoms with Crippen LogP contribution < -0.4 is 5.32 Å². The first-order valence-electron chi connectivity index (χ1n) is 8.47. The zero-order valence-corrected chi connectivity index (χ0v) is 15.9. The van der Waals surface area contributed by atoms with Gasteiger partial charge in [0, 0.05) is 46.9 Å². The highest BCUT2D eigenvalue weighted by atomic mass is 32.2. The Morgan fingerprint density at radius 3 is 2.85 bits per heavy atom. The lowest BCUT2D eigenvalue weighted by Crippen LogP contribution is -2.21. The summed E-state index contributed by atoms with van der Waals surface area (Å²) < 4.78 is 5.98. The van der Waals surface area contributed by atoms with Crippen LogP contribution in [-0.4, -0.2) is 22.3 Å². The molecule has 2 aromatic rings. The molecule has 0 bridgehead atoms. The summed E-state index contributed by atoms with van der Waals surface area (Å²) in [7, 11) is 0. The third kappa shape index (κ3) is 2.91. The number of anilines is 1. The number of carbonyl (C=O) groups excluding carboxylic acids is 1. The lowest BCUT2D eigenvalue weighted by atomic mass is 9.94. The van der Waals surface area contributed by atoms with Crippen molar-refractivity contribution in [2.45, 2.75) is 30.3 Å². The number of nitro groups is 1. The molecule has 1 aromatic heterocycles. The van der Waals surface area contributed by atoms with Gasteiger partial charge in [-0.05, 0) is 25.8 Å². The normalized spacial score (nSPS) is 17.9. The van der Waals surface area contributed by atoms with Crippen molar-refractivity contribution < 1.29 is 14.1 Å². The molecule has 2 aliphatic rings. The number of fused-ring (bicyclic) bond motifs is 2. The van der Waals surface area contributed by atoms with E-state index < -0.39 is 4.92 Å². The zero-order valence-electron chi connectivity index (χ0n) is 14.2. The molecule has 1 aliphatic heterocycles. The Bertz CT molecular complexity index is 887. The van der Waals surface area contributed by atoms with Crippen molar-refractivity contribution in [3.8, 4) is 0 Å². The lowest BCUT2D eigenvalue weighted by molar-refractivity contribution is -0.384. The SMILES string of the molecule is Cc1c(C(=O)Nc2cccc([N+](=O)[O-])c2)oc2c1C1(CCC2)SCCS1. The number of nitrogens with one attached hydrogen (secondary N) is 1. The Morgan fingerprint density at radius 1 is 1.35 bits per heavy atom. The van der Waals surface area contributed by atoms with Crippen molar-refractivity contribution in [1.82, 2.24) is 0 Å². The van der Waals surface area contributed by atoms with Crippen molar-refractivity contribution in [2.24, 2.45) is 0 Å². The summed E-state index contributed by atoms with van der Waals surface area (Å²) in [5, 5.41) is 13.6. The van der Waals surface area contributed by atoms with Gasteiger partial charge in [-0.25, -0.2) is 0 Å². The highest BCUT2D eigenvalue weighted by Crippen LogP contribution is 2.59. The molecule has 1 aromatic carbocycles. The number of nitro benzene ring substituents is 1. The first-order valence-corrected chi connectivity index (χ1v) is 10.4. The molecule has 1 fully saturated rings. The van der Waals surface area contributed by atoms with Gasteiger partial charge in [0.05, 0.1) is 9.00 Å². The molecule has 136 valence electrons. The van der Waals surface area contributed by atoms with Crippen molar-refractivity contribution in [2.75, 3.05) is 16.8 Å². The molecule has 8 heteroatoms. The number of non-ortho nitro benzene ring substituents is 1. The second-order valence-corrected chi connectivity index (χ2v) is 9.47. The highest BCUT2D eigenvalue weighted by Gasteiger charge is 2.45. The fourth-order valence-electron chi connectivity index (χ4n) is 3.70. The molecular formula is C18H18N2O4S2. The van der Waals surface area contributed by atoms with E-state index >= 15 is 0 Å². The number of furan rings is 1. The van der Waals surface area contributed by atoms with Crippen molar-refractivity contribution in [3.05, 3.63) is 57.0 Å². The number of nitrogens with zero attached hydrogens (tertiary/aromatic N) is 1. The zero-order chi connectivity index (χ0) is 18.3. The fourth-order valence-corrected chi connectivity index (χ4v) is 7.26. The summed E-state index contributed by atoms with van der Waals surface area (Å²) in [6.45, 7) is 1.94. The summed E-state index contributed by atoms with van der Waals surface area (Å²) in [4.78, 5) is 23.2. The third-order valence-corrected chi connectivity index (χ3v) is 8.32. The molecule has 0 atom stereocenters. The van der Waals surface area contributed by atoms with Gasteiger partial charge < -0.3 is 9.73 Å². The van der Waals surface area contributed by atoms with Gasteiger partial charge in [0.2, 0.25) is 0 Å². The van der Waals surface area contributed by atoms with Crippen molar-refractivity contribution >= 4 is 40.8 Å². The Balaban J connectivity index is 1.65. The second kappa shape index (κ2) is 6.66. The van der Waals surface area contributed by atoms with E-state index in [2.05, 4.69) is 5.32 Å². The van der Waals surface area contributed by atoms with E-state index in [4.69, 9.17) is 4.42 Å². The molecule has 1 amide bonds. The van der Waals surface area contributed by atoms with E-state index in [1.54, 1.807) is 12.1 Å². The van der Waals surface area contributed by atoms with E-state index in [0.717, 1.165) is 42.1 Å². The topological polar surface area (TPSA) is 85.4 Å². The molecule has 26 heavy (non-hydrogen) atoms. The van der Waals surface area contributed by atoms with Gasteiger partial charge in [-0.2, -0.15) is 0 Å². The van der Waals surface area contributed by atoms with Gasteiger partial charge in [0.25, 0.3) is 11.6 Å². The maximum absolute atomic E-state index is 12.7. The predicted molar refractivity (Wildman–Crippen MR) is 104 cm³/mol. The van der Waals surface area contributed by atoms with Crippen LogP contribution in [-0.2, 0) is 10.5 Å². The minimum absolute atomic E-state index is 0.0191. The minimum Gasteiger partial charge on any atom is -0.455 e. The number of hydrogen-bond acceptors (Lipinski definition) is 6. The summed E-state index contributed by atoms with van der Waals surface area (Å²) >= 11 is 3.91. The number of carbonyl (C=O) groups is 1. The number of hydrogen-bond donors (Lipinski definition) is 1. The van der Waals surface area contributed by atoms with Crippen LogP contribution in [0.25, 0.3) is 0 Å². The molecule has 0 saturated carbocycles. The largest absolute Gasteiger partial charge is 0.455 e. The van der Waals surface area contributed by atoms with E-state index in [1.807, 2.05) is 30.4 Å². The molecule has 1 aliphatic carbocycles. The lowest BCUT2D eigenvalue weighted by Gasteiger charge is -2.31. The van der Waals surface area contributed by atoms with Gasteiger partial charge in [-0.3, -0.25) is 14.9 Å². The minimum atomic E-state index is -0.481. The monoisotopic (exact) mass is 390 g/mol. The second-order valence-electron chi connectivity index (χ2n) is 6.42. The third-order valence-electron chi connectivity index (χ3n) is 4.79. The summed E-state index contributed by atoms with van der Waals surface area (Å²) in [5.41, 5.74) is 2.40. The summed E-state index contributed by atoms with van der Waals surface area (Å²) in [6, 6.07) is 5.92. The van der Waals surface area contributed by atoms with Crippen LogP contribution >= 0.6 is 23.5 Å². The van der Waals surface area contributed by atoms with Crippen LogP contribution in [0.1, 0.15) is 40.3 Å². The Hall–Kier alpha value is -1.93. The molecule has 1 spiro atoms. The molecule has 4 rings (SSSR count). The van der Waals surface area contributed by atoms with Crippen LogP contribution in [0.4, 0.5) is 11.4 Å². The van der Waals surface area contributed by atoms with Crippen LogP contribution in [0.3, 0.4) is 0 Å². The molecule has 1 N–H and O–H groups in total. The average molecular weight is 390 g/mol. The quantitative estimate of drug-likeness (QED) is 0.603. The molecular weight excluding hydrogens is 372 g/mol. The smallest absolute Gasteiger partial charge is 0.291 e. The maximum atomic E-state index is 12.7. The first kappa shape index (κ1) is 17.5. The first-order chi connectivity index (χ1) is 12.5. The number of benzene rings is 1. The molecule has 6 nitrogen and oxygen atoms in total. The average Bonchev–Trinajstić information content (AvgIpc) is 3.21. The van der Waals surface area contributed by atoms with E-state index in [1.165, 1.54) is 17.7 Å². The van der Waals surface area contributed by atoms with E-state index in [0.29, 0.717) is 11.4 Å². The predicted octanol–water partition coefficient (Wildman–Crippen LogP) is 4.72. The van der Waals surface area contributed by atoms with Gasteiger partial charge in [-0.1, -0.05) is 6.07 Å². The Labute approximate surface area is 159 Å².